The molecule has 3 saturated heterocycles. The van der Waals surface area contributed by atoms with E-state index in [1.165, 1.54) is 64.3 Å². The van der Waals surface area contributed by atoms with Crippen LogP contribution in [0.25, 0.3) is 0 Å². The molecule has 19 heavy (non-hydrogen) atoms. The largest absolute Gasteiger partial charge is 0.378 e. The summed E-state index contributed by atoms with van der Waals surface area (Å²) in [5.41, 5.74) is 0. The van der Waals surface area contributed by atoms with Crippen LogP contribution < -0.4 is 5.32 Å². The zero-order chi connectivity index (χ0) is 13.1. The van der Waals surface area contributed by atoms with Crippen molar-refractivity contribution in [1.82, 2.24) is 10.2 Å². The SMILES string of the molecule is CNC1CC2CCCC(C1)N2CCC1CCCCO1. The van der Waals surface area contributed by atoms with Crippen molar-refractivity contribution in [1.29, 1.82) is 0 Å². The maximum atomic E-state index is 5.89. The first-order valence-corrected chi connectivity index (χ1v) is 8.41. The van der Waals surface area contributed by atoms with Crippen LogP contribution in [-0.2, 0) is 4.74 Å². The molecule has 0 radical (unpaired) electrons. The van der Waals surface area contributed by atoms with Crippen LogP contribution in [0.5, 0.6) is 0 Å². The molecule has 0 spiro atoms. The van der Waals surface area contributed by atoms with Crippen molar-refractivity contribution in [3.8, 4) is 0 Å². The van der Waals surface area contributed by atoms with Gasteiger partial charge in [0.25, 0.3) is 0 Å². The number of piperidine rings is 2. The summed E-state index contributed by atoms with van der Waals surface area (Å²) in [6.07, 6.45) is 12.8. The lowest BCUT2D eigenvalue weighted by Crippen LogP contribution is -2.56. The van der Waals surface area contributed by atoms with E-state index in [4.69, 9.17) is 4.74 Å². The normalized spacial score (nSPS) is 40.3. The fourth-order valence-corrected chi connectivity index (χ4v) is 4.41. The highest BCUT2D eigenvalue weighted by Gasteiger charge is 2.37. The molecule has 3 heterocycles. The maximum absolute atomic E-state index is 5.89. The van der Waals surface area contributed by atoms with E-state index in [-0.39, 0.29) is 0 Å². The lowest BCUT2D eigenvalue weighted by molar-refractivity contribution is -0.0193. The van der Waals surface area contributed by atoms with E-state index in [0.29, 0.717) is 6.10 Å². The average Bonchev–Trinajstić information content (AvgIpc) is 2.45. The molecule has 0 aromatic rings. The third kappa shape index (κ3) is 3.32. The van der Waals surface area contributed by atoms with Gasteiger partial charge in [-0.25, -0.2) is 0 Å². The summed E-state index contributed by atoms with van der Waals surface area (Å²) >= 11 is 0. The monoisotopic (exact) mass is 266 g/mol. The zero-order valence-electron chi connectivity index (χ0n) is 12.4. The van der Waals surface area contributed by atoms with Gasteiger partial charge in [-0.3, -0.25) is 4.90 Å². The molecule has 3 rings (SSSR count). The van der Waals surface area contributed by atoms with E-state index in [1.807, 2.05) is 0 Å². The highest BCUT2D eigenvalue weighted by Crippen LogP contribution is 2.34. The van der Waals surface area contributed by atoms with Crippen molar-refractivity contribution in [2.24, 2.45) is 0 Å². The smallest absolute Gasteiger partial charge is 0.0587 e. The zero-order valence-corrected chi connectivity index (χ0v) is 12.4. The number of nitrogens with zero attached hydrogens (tertiary/aromatic N) is 1. The Hall–Kier alpha value is -0.120. The summed E-state index contributed by atoms with van der Waals surface area (Å²) in [7, 11) is 2.13. The second-order valence-corrected chi connectivity index (χ2v) is 6.71. The molecule has 3 aliphatic heterocycles. The summed E-state index contributed by atoms with van der Waals surface area (Å²) in [4.78, 5) is 2.83. The second kappa shape index (κ2) is 6.55. The van der Waals surface area contributed by atoms with Crippen LogP contribution in [0.3, 0.4) is 0 Å². The number of rotatable bonds is 4. The van der Waals surface area contributed by atoms with E-state index in [0.717, 1.165) is 24.7 Å². The molecule has 0 aromatic carbocycles. The van der Waals surface area contributed by atoms with Crippen LogP contribution in [0.4, 0.5) is 0 Å². The first-order chi connectivity index (χ1) is 9.36. The molecule has 2 bridgehead atoms. The van der Waals surface area contributed by atoms with Gasteiger partial charge in [0.15, 0.2) is 0 Å². The van der Waals surface area contributed by atoms with Crippen LogP contribution in [0.1, 0.15) is 57.8 Å². The van der Waals surface area contributed by atoms with Gasteiger partial charge in [0, 0.05) is 31.3 Å². The predicted molar refractivity (Wildman–Crippen MR) is 78.4 cm³/mol. The second-order valence-electron chi connectivity index (χ2n) is 6.71. The molecule has 110 valence electrons. The molecule has 0 aliphatic carbocycles. The Labute approximate surface area is 118 Å². The molecular weight excluding hydrogens is 236 g/mol. The van der Waals surface area contributed by atoms with Crippen LogP contribution in [0.2, 0.25) is 0 Å². The Kier molecular flexibility index (Phi) is 4.78. The molecule has 3 aliphatic rings. The Balaban J connectivity index is 1.52. The topological polar surface area (TPSA) is 24.5 Å². The van der Waals surface area contributed by atoms with Gasteiger partial charge in [-0.05, 0) is 58.4 Å². The summed E-state index contributed by atoms with van der Waals surface area (Å²) in [6.45, 7) is 2.27. The summed E-state index contributed by atoms with van der Waals surface area (Å²) < 4.78 is 5.89. The Bertz CT molecular complexity index is 264. The lowest BCUT2D eigenvalue weighted by Gasteiger charge is -2.49. The predicted octanol–water partition coefficient (Wildman–Crippen LogP) is 2.55. The minimum absolute atomic E-state index is 0.552. The maximum Gasteiger partial charge on any atom is 0.0587 e. The van der Waals surface area contributed by atoms with E-state index in [9.17, 15) is 0 Å². The fourth-order valence-electron chi connectivity index (χ4n) is 4.41. The molecule has 3 atom stereocenters. The number of nitrogens with one attached hydrogen (secondary N) is 1. The van der Waals surface area contributed by atoms with Gasteiger partial charge in [-0.15, -0.1) is 0 Å². The van der Waals surface area contributed by atoms with Crippen molar-refractivity contribution in [3.05, 3.63) is 0 Å². The summed E-state index contributed by atoms with van der Waals surface area (Å²) in [6, 6.07) is 2.44. The molecule has 0 aromatic heterocycles. The van der Waals surface area contributed by atoms with Crippen molar-refractivity contribution < 1.29 is 4.74 Å². The molecule has 3 fully saturated rings. The van der Waals surface area contributed by atoms with Gasteiger partial charge in [-0.2, -0.15) is 0 Å². The molecular formula is C16H30N2O. The minimum atomic E-state index is 0.552. The van der Waals surface area contributed by atoms with E-state index in [1.54, 1.807) is 0 Å². The van der Waals surface area contributed by atoms with Gasteiger partial charge in [0.2, 0.25) is 0 Å². The standard InChI is InChI=1S/C16H30N2O/c1-17-13-11-14-5-4-6-15(12-13)18(14)9-8-16-7-2-3-10-19-16/h13-17H,2-12H2,1H3. The first kappa shape index (κ1) is 13.8. The summed E-state index contributed by atoms with van der Waals surface area (Å²) in [5.74, 6) is 0. The van der Waals surface area contributed by atoms with E-state index < -0.39 is 0 Å². The first-order valence-electron chi connectivity index (χ1n) is 8.41. The van der Waals surface area contributed by atoms with Gasteiger partial charge in [0.05, 0.1) is 6.10 Å². The highest BCUT2D eigenvalue weighted by molar-refractivity contribution is 4.94. The molecule has 1 N–H and O–H groups in total. The molecule has 3 nitrogen and oxygen atoms in total. The molecule has 0 saturated carbocycles. The molecule has 3 unspecified atom stereocenters. The number of ether oxygens (including phenoxy) is 1. The highest BCUT2D eigenvalue weighted by atomic mass is 16.5. The van der Waals surface area contributed by atoms with Crippen molar-refractivity contribution in [2.75, 3.05) is 20.2 Å². The van der Waals surface area contributed by atoms with Gasteiger partial charge in [-0.1, -0.05) is 6.42 Å². The van der Waals surface area contributed by atoms with Crippen molar-refractivity contribution in [2.45, 2.75) is 82.0 Å². The fraction of sp³-hybridized carbons (Fsp3) is 1.00. The Morgan fingerprint density at radius 3 is 2.47 bits per heavy atom. The Morgan fingerprint density at radius 1 is 1.05 bits per heavy atom. The third-order valence-electron chi connectivity index (χ3n) is 5.52. The molecule has 0 amide bonds. The number of hydrogen-bond donors (Lipinski definition) is 1. The van der Waals surface area contributed by atoms with E-state index in [2.05, 4.69) is 17.3 Å². The average molecular weight is 266 g/mol. The number of fused-ring (bicyclic) bond motifs is 2. The quantitative estimate of drug-likeness (QED) is 0.846. The van der Waals surface area contributed by atoms with Crippen molar-refractivity contribution in [3.63, 3.8) is 0 Å². The Morgan fingerprint density at radius 2 is 1.84 bits per heavy atom. The van der Waals surface area contributed by atoms with Crippen LogP contribution in [0, 0.1) is 0 Å². The van der Waals surface area contributed by atoms with Gasteiger partial charge >= 0.3 is 0 Å². The number of hydrogen-bond acceptors (Lipinski definition) is 3. The van der Waals surface area contributed by atoms with Gasteiger partial charge < -0.3 is 10.1 Å². The molecule has 3 heteroatoms. The minimum Gasteiger partial charge on any atom is -0.378 e. The lowest BCUT2D eigenvalue weighted by atomic mass is 9.81. The van der Waals surface area contributed by atoms with Gasteiger partial charge in [0.1, 0.15) is 0 Å². The van der Waals surface area contributed by atoms with Crippen LogP contribution in [0.15, 0.2) is 0 Å². The van der Waals surface area contributed by atoms with Crippen molar-refractivity contribution >= 4 is 0 Å². The van der Waals surface area contributed by atoms with Crippen LogP contribution >= 0.6 is 0 Å². The third-order valence-corrected chi connectivity index (χ3v) is 5.52. The van der Waals surface area contributed by atoms with Crippen LogP contribution in [-0.4, -0.2) is 49.3 Å². The summed E-state index contributed by atoms with van der Waals surface area (Å²) in [5, 5.41) is 3.51. The van der Waals surface area contributed by atoms with E-state index >= 15 is 0 Å².